The highest BCUT2D eigenvalue weighted by Crippen LogP contribution is 2.28. The molecule has 1 aromatic rings. The highest BCUT2D eigenvalue weighted by molar-refractivity contribution is 5.72. The first-order valence-electron chi connectivity index (χ1n) is 4.27. The van der Waals surface area contributed by atoms with Crippen LogP contribution in [-0.2, 0) is 6.54 Å². The lowest BCUT2D eigenvalue weighted by molar-refractivity contribution is 0.0999. The molecule has 2 rings (SSSR count). The normalized spacial score (nSPS) is 18.9. The highest BCUT2D eigenvalue weighted by Gasteiger charge is 2.27. The summed E-state index contributed by atoms with van der Waals surface area (Å²) in [7, 11) is 0. The zero-order valence-electron chi connectivity index (χ0n) is 7.78. The average Bonchev–Trinajstić information content (AvgIpc) is 2.44. The Hall–Kier alpha value is -1.32. The van der Waals surface area contributed by atoms with Crippen LogP contribution >= 0.6 is 0 Å². The molecular formula is C9H12N2O2. The minimum atomic E-state index is 0.0964. The molecule has 0 aromatic carbocycles. The summed E-state index contributed by atoms with van der Waals surface area (Å²) in [5, 5.41) is 4.09. The van der Waals surface area contributed by atoms with Crippen LogP contribution in [0.4, 0.5) is 0 Å². The van der Waals surface area contributed by atoms with Crippen molar-refractivity contribution < 1.29 is 9.53 Å². The van der Waals surface area contributed by atoms with Crippen molar-refractivity contribution >= 4 is 6.29 Å². The second-order valence-corrected chi connectivity index (χ2v) is 4.14. The summed E-state index contributed by atoms with van der Waals surface area (Å²) >= 11 is 0. The summed E-state index contributed by atoms with van der Waals surface area (Å²) in [6.45, 7) is 5.70. The Bertz CT molecular complexity index is 341. The van der Waals surface area contributed by atoms with Gasteiger partial charge in [-0.15, -0.1) is 0 Å². The summed E-state index contributed by atoms with van der Waals surface area (Å²) in [6, 6.07) is 1.67. The number of ether oxygens (including phenoxy) is 1. The molecule has 0 aliphatic carbocycles. The molecule has 0 unspecified atom stereocenters. The van der Waals surface area contributed by atoms with E-state index < -0.39 is 0 Å². The zero-order chi connectivity index (χ0) is 9.47. The van der Waals surface area contributed by atoms with Gasteiger partial charge in [-0.05, 0) is 0 Å². The van der Waals surface area contributed by atoms with Crippen LogP contribution in [0, 0.1) is 5.41 Å². The van der Waals surface area contributed by atoms with Crippen LogP contribution in [0.25, 0.3) is 0 Å². The Balaban J connectivity index is 2.35. The molecule has 0 fully saturated rings. The van der Waals surface area contributed by atoms with Crippen molar-refractivity contribution in [3.05, 3.63) is 11.8 Å². The molecule has 0 saturated heterocycles. The van der Waals surface area contributed by atoms with Gasteiger partial charge in [0.05, 0.1) is 13.2 Å². The summed E-state index contributed by atoms with van der Waals surface area (Å²) in [4.78, 5) is 10.5. The van der Waals surface area contributed by atoms with Gasteiger partial charge < -0.3 is 4.74 Å². The third kappa shape index (κ3) is 1.43. The maximum absolute atomic E-state index is 10.5. The monoisotopic (exact) mass is 180 g/mol. The minimum absolute atomic E-state index is 0.0964. The van der Waals surface area contributed by atoms with Crippen LogP contribution < -0.4 is 4.74 Å². The van der Waals surface area contributed by atoms with Gasteiger partial charge in [-0.2, -0.15) is 5.10 Å². The molecule has 4 heteroatoms. The number of aromatic nitrogens is 2. The maximum atomic E-state index is 10.5. The van der Waals surface area contributed by atoms with Gasteiger partial charge in [-0.3, -0.25) is 4.79 Å². The number of hydrogen-bond acceptors (Lipinski definition) is 3. The molecule has 13 heavy (non-hydrogen) atoms. The molecule has 1 aromatic heterocycles. The summed E-state index contributed by atoms with van der Waals surface area (Å²) in [5.74, 6) is 0.696. The molecule has 0 atom stereocenters. The fourth-order valence-electron chi connectivity index (χ4n) is 1.43. The Morgan fingerprint density at radius 1 is 1.69 bits per heavy atom. The van der Waals surface area contributed by atoms with Crippen molar-refractivity contribution in [3.63, 3.8) is 0 Å². The molecule has 4 nitrogen and oxygen atoms in total. The van der Waals surface area contributed by atoms with E-state index in [0.29, 0.717) is 18.2 Å². The van der Waals surface area contributed by atoms with Crippen molar-refractivity contribution in [2.45, 2.75) is 20.4 Å². The molecule has 0 N–H and O–H groups in total. The van der Waals surface area contributed by atoms with Gasteiger partial charge in [0.1, 0.15) is 5.69 Å². The first-order chi connectivity index (χ1) is 6.11. The molecule has 0 saturated carbocycles. The summed E-state index contributed by atoms with van der Waals surface area (Å²) < 4.78 is 7.21. The quantitative estimate of drug-likeness (QED) is 0.608. The van der Waals surface area contributed by atoms with Crippen molar-refractivity contribution in [1.82, 2.24) is 9.78 Å². The Morgan fingerprint density at radius 2 is 2.46 bits per heavy atom. The fourth-order valence-corrected chi connectivity index (χ4v) is 1.43. The van der Waals surface area contributed by atoms with Crippen molar-refractivity contribution in [1.29, 1.82) is 0 Å². The first-order valence-corrected chi connectivity index (χ1v) is 4.27. The van der Waals surface area contributed by atoms with Crippen molar-refractivity contribution in [3.8, 4) is 5.88 Å². The van der Waals surface area contributed by atoms with Gasteiger partial charge in [0.2, 0.25) is 5.88 Å². The van der Waals surface area contributed by atoms with E-state index in [9.17, 15) is 4.79 Å². The number of carbonyl (C=O) groups is 1. The number of nitrogens with zero attached hydrogens (tertiary/aromatic N) is 2. The van der Waals surface area contributed by atoms with Crippen LogP contribution in [0.15, 0.2) is 6.07 Å². The van der Waals surface area contributed by atoms with Gasteiger partial charge >= 0.3 is 0 Å². The van der Waals surface area contributed by atoms with Crippen LogP contribution in [0.3, 0.4) is 0 Å². The average molecular weight is 180 g/mol. The van der Waals surface area contributed by atoms with E-state index in [2.05, 4.69) is 18.9 Å². The molecule has 2 heterocycles. The van der Waals surface area contributed by atoms with Gasteiger partial charge in [-0.25, -0.2) is 4.68 Å². The second kappa shape index (κ2) is 2.58. The van der Waals surface area contributed by atoms with E-state index in [0.717, 1.165) is 12.8 Å². The first kappa shape index (κ1) is 8.29. The van der Waals surface area contributed by atoms with E-state index >= 15 is 0 Å². The van der Waals surface area contributed by atoms with E-state index in [1.807, 2.05) is 0 Å². The minimum Gasteiger partial charge on any atom is -0.477 e. The molecule has 0 amide bonds. The van der Waals surface area contributed by atoms with Crippen molar-refractivity contribution in [2.24, 2.45) is 5.41 Å². The number of aldehydes is 1. The zero-order valence-corrected chi connectivity index (χ0v) is 7.78. The van der Waals surface area contributed by atoms with Crippen LogP contribution in [0.2, 0.25) is 0 Å². The number of rotatable bonds is 1. The predicted octanol–water partition coefficient (Wildman–Crippen LogP) is 1.11. The van der Waals surface area contributed by atoms with E-state index in [-0.39, 0.29) is 5.41 Å². The van der Waals surface area contributed by atoms with Gasteiger partial charge in [0.25, 0.3) is 0 Å². The standard InChI is InChI=1S/C9H12N2O2/c1-9(2)5-11-8(13-6-9)3-7(4-12)10-11/h3-4H,5-6H2,1-2H3. The van der Waals surface area contributed by atoms with Gasteiger partial charge in [0.15, 0.2) is 6.29 Å². The van der Waals surface area contributed by atoms with Crippen molar-refractivity contribution in [2.75, 3.05) is 6.61 Å². The van der Waals surface area contributed by atoms with E-state index in [1.165, 1.54) is 0 Å². The molecule has 70 valence electrons. The van der Waals surface area contributed by atoms with Crippen LogP contribution in [-0.4, -0.2) is 22.7 Å². The lowest BCUT2D eigenvalue weighted by atomic mass is 9.94. The third-order valence-electron chi connectivity index (χ3n) is 2.07. The SMILES string of the molecule is CC1(C)COc2cc(C=O)nn2C1. The number of carbonyl (C=O) groups excluding carboxylic acids is 1. The molecule has 0 radical (unpaired) electrons. The maximum Gasteiger partial charge on any atom is 0.212 e. The van der Waals surface area contributed by atoms with Crippen LogP contribution in [0.1, 0.15) is 24.3 Å². The molecule has 0 spiro atoms. The predicted molar refractivity (Wildman–Crippen MR) is 46.9 cm³/mol. The molecule has 1 aliphatic heterocycles. The third-order valence-corrected chi connectivity index (χ3v) is 2.07. The lowest BCUT2D eigenvalue weighted by Crippen LogP contribution is -2.32. The highest BCUT2D eigenvalue weighted by atomic mass is 16.5. The Kier molecular flexibility index (Phi) is 1.65. The van der Waals surface area contributed by atoms with E-state index in [4.69, 9.17) is 4.74 Å². The fraction of sp³-hybridized carbons (Fsp3) is 0.556. The largest absolute Gasteiger partial charge is 0.477 e. The van der Waals surface area contributed by atoms with E-state index in [1.54, 1.807) is 10.7 Å². The van der Waals surface area contributed by atoms with Crippen LogP contribution in [0.5, 0.6) is 5.88 Å². The molecule has 1 aliphatic rings. The number of fused-ring (bicyclic) bond motifs is 1. The molecule has 0 bridgehead atoms. The molecular weight excluding hydrogens is 168 g/mol. The van der Waals surface area contributed by atoms with Gasteiger partial charge in [-0.1, -0.05) is 13.8 Å². The van der Waals surface area contributed by atoms with Gasteiger partial charge in [0, 0.05) is 11.5 Å². The topological polar surface area (TPSA) is 44.1 Å². The lowest BCUT2D eigenvalue weighted by Gasteiger charge is -2.29. The second-order valence-electron chi connectivity index (χ2n) is 4.14. The number of hydrogen-bond donors (Lipinski definition) is 0. The Labute approximate surface area is 76.5 Å². The summed E-state index contributed by atoms with van der Waals surface area (Å²) in [5.41, 5.74) is 0.534. The summed E-state index contributed by atoms with van der Waals surface area (Å²) in [6.07, 6.45) is 0.738. The smallest absolute Gasteiger partial charge is 0.212 e. The Morgan fingerprint density at radius 3 is 3.15 bits per heavy atom.